The van der Waals surface area contributed by atoms with Crippen LogP contribution in [0, 0.1) is 12.3 Å². The van der Waals surface area contributed by atoms with Crippen molar-refractivity contribution >= 4 is 29.1 Å². The summed E-state index contributed by atoms with van der Waals surface area (Å²) in [7, 11) is 0. The van der Waals surface area contributed by atoms with Gasteiger partial charge in [0.25, 0.3) is 0 Å². The Kier molecular flexibility index (Phi) is 3.01. The standard InChI is InChI=1S/C12H15N5O/c1-3-17-12(14)10(6-15-17)16-9-4-7(2)11(18)5-8(9)13/h4-6,14,18H,3,13H2,1-2H3. The first-order valence-electron chi connectivity index (χ1n) is 5.61. The lowest BCUT2D eigenvalue weighted by molar-refractivity contribution is 0.471. The third-order valence-corrected chi connectivity index (χ3v) is 2.71. The van der Waals surface area contributed by atoms with Crippen LogP contribution in [0.2, 0.25) is 0 Å². The number of benzene rings is 1. The van der Waals surface area contributed by atoms with Gasteiger partial charge in [-0.15, -0.1) is 0 Å². The lowest BCUT2D eigenvalue weighted by Gasteiger charge is -2.10. The van der Waals surface area contributed by atoms with Gasteiger partial charge in [0.05, 0.1) is 17.6 Å². The summed E-state index contributed by atoms with van der Waals surface area (Å²) in [5, 5.41) is 23.0. The molecule has 0 bridgehead atoms. The number of hydrazone groups is 1. The van der Waals surface area contributed by atoms with E-state index in [9.17, 15) is 5.11 Å². The maximum atomic E-state index is 9.51. The first kappa shape index (κ1) is 12.1. The van der Waals surface area contributed by atoms with Gasteiger partial charge in [-0.25, -0.2) is 10.0 Å². The molecular formula is C12H15N5O. The molecule has 0 aliphatic carbocycles. The fourth-order valence-electron chi connectivity index (χ4n) is 1.62. The van der Waals surface area contributed by atoms with Crippen molar-refractivity contribution in [1.29, 1.82) is 5.41 Å². The van der Waals surface area contributed by atoms with Crippen LogP contribution in [0.5, 0.6) is 5.75 Å². The van der Waals surface area contributed by atoms with Crippen LogP contribution in [0.15, 0.2) is 22.2 Å². The zero-order valence-corrected chi connectivity index (χ0v) is 10.3. The van der Waals surface area contributed by atoms with Crippen LogP contribution >= 0.6 is 0 Å². The number of phenols is 1. The van der Waals surface area contributed by atoms with E-state index in [-0.39, 0.29) is 11.6 Å². The van der Waals surface area contributed by atoms with E-state index in [4.69, 9.17) is 11.1 Å². The molecule has 1 aromatic rings. The van der Waals surface area contributed by atoms with Gasteiger partial charge in [0.1, 0.15) is 11.5 Å². The Bertz CT molecular complexity index is 562. The van der Waals surface area contributed by atoms with Gasteiger partial charge in [0, 0.05) is 12.6 Å². The number of nitrogens with two attached hydrogens (primary N) is 1. The van der Waals surface area contributed by atoms with Gasteiger partial charge in [0.2, 0.25) is 0 Å². The molecule has 94 valence electrons. The molecule has 18 heavy (non-hydrogen) atoms. The quantitative estimate of drug-likeness (QED) is 0.691. The van der Waals surface area contributed by atoms with Crippen LogP contribution in [0.1, 0.15) is 12.5 Å². The van der Waals surface area contributed by atoms with E-state index < -0.39 is 0 Å². The van der Waals surface area contributed by atoms with Gasteiger partial charge in [-0.2, -0.15) is 5.10 Å². The second kappa shape index (κ2) is 4.48. The third kappa shape index (κ3) is 2.04. The summed E-state index contributed by atoms with van der Waals surface area (Å²) in [4.78, 5) is 4.30. The molecule has 0 fully saturated rings. The summed E-state index contributed by atoms with van der Waals surface area (Å²) in [5.74, 6) is 0.393. The van der Waals surface area contributed by atoms with Gasteiger partial charge in [0.15, 0.2) is 5.84 Å². The molecule has 1 heterocycles. The van der Waals surface area contributed by atoms with Gasteiger partial charge < -0.3 is 10.8 Å². The van der Waals surface area contributed by atoms with Gasteiger partial charge >= 0.3 is 0 Å². The summed E-state index contributed by atoms with van der Waals surface area (Å²) in [5.41, 5.74) is 7.86. The minimum absolute atomic E-state index is 0.141. The largest absolute Gasteiger partial charge is 0.508 e. The fraction of sp³-hybridized carbons (Fsp3) is 0.250. The Morgan fingerprint density at radius 2 is 2.22 bits per heavy atom. The van der Waals surface area contributed by atoms with E-state index >= 15 is 0 Å². The number of amidine groups is 1. The maximum Gasteiger partial charge on any atom is 0.169 e. The minimum Gasteiger partial charge on any atom is -0.508 e. The number of hydrogen-bond acceptors (Lipinski definition) is 5. The van der Waals surface area contributed by atoms with Crippen molar-refractivity contribution < 1.29 is 5.11 Å². The monoisotopic (exact) mass is 245 g/mol. The Morgan fingerprint density at radius 3 is 2.83 bits per heavy atom. The summed E-state index contributed by atoms with van der Waals surface area (Å²) >= 11 is 0. The summed E-state index contributed by atoms with van der Waals surface area (Å²) in [6, 6.07) is 3.15. The Balaban J connectivity index is 2.38. The number of aliphatic imine (C=N–C) groups is 1. The normalized spacial score (nSPS) is 16.9. The molecule has 0 atom stereocenters. The van der Waals surface area contributed by atoms with Crippen molar-refractivity contribution in [3.8, 4) is 5.75 Å². The zero-order valence-electron chi connectivity index (χ0n) is 10.3. The fourth-order valence-corrected chi connectivity index (χ4v) is 1.62. The number of anilines is 1. The van der Waals surface area contributed by atoms with E-state index in [1.165, 1.54) is 12.3 Å². The molecule has 1 aliphatic rings. The van der Waals surface area contributed by atoms with Crippen molar-refractivity contribution in [2.24, 2.45) is 10.1 Å². The lowest BCUT2D eigenvalue weighted by Crippen LogP contribution is -2.25. The number of aromatic hydroxyl groups is 1. The first-order valence-corrected chi connectivity index (χ1v) is 5.61. The van der Waals surface area contributed by atoms with Gasteiger partial charge in [-0.3, -0.25) is 5.41 Å². The van der Waals surface area contributed by atoms with Crippen LogP contribution < -0.4 is 5.73 Å². The van der Waals surface area contributed by atoms with E-state index in [1.807, 2.05) is 6.92 Å². The van der Waals surface area contributed by atoms with E-state index in [1.54, 1.807) is 18.0 Å². The SMILES string of the molecule is CCN1N=CC(=Nc2cc(C)c(O)cc2N)C1=N. The highest BCUT2D eigenvalue weighted by atomic mass is 16.3. The van der Waals surface area contributed by atoms with Crippen molar-refractivity contribution in [2.75, 3.05) is 12.3 Å². The summed E-state index contributed by atoms with van der Waals surface area (Å²) < 4.78 is 0. The van der Waals surface area contributed by atoms with Crippen LogP contribution in [-0.4, -0.2) is 34.4 Å². The van der Waals surface area contributed by atoms with Crippen molar-refractivity contribution in [2.45, 2.75) is 13.8 Å². The average Bonchev–Trinajstić information content (AvgIpc) is 2.67. The Morgan fingerprint density at radius 1 is 1.50 bits per heavy atom. The molecule has 1 aromatic carbocycles. The maximum absolute atomic E-state index is 9.51. The molecule has 6 nitrogen and oxygen atoms in total. The molecule has 0 unspecified atom stereocenters. The highest BCUT2D eigenvalue weighted by Crippen LogP contribution is 2.30. The van der Waals surface area contributed by atoms with Crippen molar-refractivity contribution in [3.63, 3.8) is 0 Å². The molecular weight excluding hydrogens is 230 g/mol. The number of rotatable bonds is 2. The molecule has 1 aliphatic heterocycles. The molecule has 6 heteroatoms. The molecule has 0 spiro atoms. The number of nitrogen functional groups attached to an aromatic ring is 1. The highest BCUT2D eigenvalue weighted by molar-refractivity contribution is 6.63. The molecule has 4 N–H and O–H groups in total. The van der Waals surface area contributed by atoms with Gasteiger partial charge in [-0.1, -0.05) is 0 Å². The molecule has 0 aromatic heterocycles. The highest BCUT2D eigenvalue weighted by Gasteiger charge is 2.18. The Labute approximate surface area is 105 Å². The van der Waals surface area contributed by atoms with Crippen molar-refractivity contribution in [3.05, 3.63) is 17.7 Å². The second-order valence-electron chi connectivity index (χ2n) is 4.00. The van der Waals surface area contributed by atoms with Crippen molar-refractivity contribution in [1.82, 2.24) is 5.01 Å². The zero-order chi connectivity index (χ0) is 13.3. The number of hydrogen-bond donors (Lipinski definition) is 3. The number of nitrogens with zero attached hydrogens (tertiary/aromatic N) is 3. The molecule has 0 saturated carbocycles. The van der Waals surface area contributed by atoms with Gasteiger partial charge in [-0.05, 0) is 25.5 Å². The lowest BCUT2D eigenvalue weighted by atomic mass is 10.1. The van der Waals surface area contributed by atoms with E-state index in [2.05, 4.69) is 10.1 Å². The molecule has 0 radical (unpaired) electrons. The second-order valence-corrected chi connectivity index (χ2v) is 4.00. The van der Waals surface area contributed by atoms with E-state index in [0.717, 1.165) is 0 Å². The molecule has 0 amide bonds. The van der Waals surface area contributed by atoms with Crippen LogP contribution in [0.3, 0.4) is 0 Å². The molecule has 0 saturated heterocycles. The third-order valence-electron chi connectivity index (χ3n) is 2.71. The minimum atomic E-state index is 0.141. The van der Waals surface area contributed by atoms with E-state index in [0.29, 0.717) is 29.2 Å². The number of aryl methyl sites for hydroxylation is 1. The average molecular weight is 245 g/mol. The van der Waals surface area contributed by atoms with Crippen LogP contribution in [-0.2, 0) is 0 Å². The predicted molar refractivity (Wildman–Crippen MR) is 72.9 cm³/mol. The topological polar surface area (TPSA) is 98.1 Å². The predicted octanol–water partition coefficient (Wildman–Crippen LogP) is 1.65. The van der Waals surface area contributed by atoms with Crippen LogP contribution in [0.4, 0.5) is 11.4 Å². The Hall–Kier alpha value is -2.37. The first-order chi connectivity index (χ1) is 8.52. The number of nitrogens with one attached hydrogen (secondary N) is 1. The summed E-state index contributed by atoms with van der Waals surface area (Å²) in [6.45, 7) is 4.30. The number of phenolic OH excluding ortho intramolecular Hbond substituents is 1. The smallest absolute Gasteiger partial charge is 0.169 e. The summed E-state index contributed by atoms with van der Waals surface area (Å²) in [6.07, 6.45) is 1.54. The molecule has 2 rings (SSSR count). The van der Waals surface area contributed by atoms with Crippen LogP contribution in [0.25, 0.3) is 0 Å².